The Morgan fingerprint density at radius 2 is 1.33 bits per heavy atom. The average molecular weight is 505 g/mol. The molecule has 0 spiro atoms. The first-order valence-corrected chi connectivity index (χ1v) is 9.97. The minimum absolute atomic E-state index is 0.420. The summed E-state index contributed by atoms with van der Waals surface area (Å²) >= 11 is 12.0. The van der Waals surface area contributed by atoms with Crippen LogP contribution in [0.4, 0.5) is 5.69 Å². The molecule has 136 valence electrons. The summed E-state index contributed by atoms with van der Waals surface area (Å²) in [4.78, 5) is 0. The first kappa shape index (κ1) is 19.5. The molecule has 0 amide bonds. The smallest absolute Gasteiger partial charge is 0.191 e. The second-order valence-electron chi connectivity index (χ2n) is 5.46. The molecule has 0 aromatic heterocycles. The fourth-order valence-corrected chi connectivity index (χ4v) is 2.82. The molecule has 0 aliphatic carbocycles. The number of hydrazone groups is 1. The molecule has 0 heterocycles. The molecule has 0 aliphatic heterocycles. The van der Waals surface area contributed by atoms with Gasteiger partial charge < -0.3 is 10.1 Å². The van der Waals surface area contributed by atoms with Gasteiger partial charge in [0, 0.05) is 14.6 Å². The highest BCUT2D eigenvalue weighted by Gasteiger charge is 1.98. The molecule has 0 bridgehead atoms. The number of anilines is 1. The molecule has 0 saturated heterocycles. The van der Waals surface area contributed by atoms with Gasteiger partial charge in [-0.1, -0.05) is 31.9 Å². The van der Waals surface area contributed by atoms with Gasteiger partial charge in [0.25, 0.3) is 0 Å². The quantitative estimate of drug-likeness (QED) is 0.242. The number of nitrogens with zero attached hydrogens (tertiary/aromatic N) is 1. The van der Waals surface area contributed by atoms with Crippen molar-refractivity contribution in [2.24, 2.45) is 5.10 Å². The van der Waals surface area contributed by atoms with E-state index in [0.717, 1.165) is 31.7 Å². The van der Waals surface area contributed by atoms with E-state index in [0.29, 0.717) is 5.11 Å². The fourth-order valence-electron chi connectivity index (χ4n) is 2.12. The molecule has 2 N–H and O–H groups in total. The maximum absolute atomic E-state index is 5.79. The minimum Gasteiger partial charge on any atom is -0.457 e. The highest BCUT2D eigenvalue weighted by molar-refractivity contribution is 9.10. The van der Waals surface area contributed by atoms with Gasteiger partial charge in [-0.05, 0) is 90.6 Å². The largest absolute Gasteiger partial charge is 0.457 e. The van der Waals surface area contributed by atoms with E-state index in [2.05, 4.69) is 47.7 Å². The topological polar surface area (TPSA) is 45.7 Å². The van der Waals surface area contributed by atoms with Gasteiger partial charge in [0.05, 0.1) is 6.21 Å². The van der Waals surface area contributed by atoms with Crippen LogP contribution < -0.4 is 15.5 Å². The van der Waals surface area contributed by atoms with Gasteiger partial charge in [0.1, 0.15) is 11.5 Å². The molecule has 7 heteroatoms. The Hall–Kier alpha value is -2.22. The lowest BCUT2D eigenvalue weighted by molar-refractivity contribution is 0.482. The van der Waals surface area contributed by atoms with Gasteiger partial charge in [-0.2, -0.15) is 5.10 Å². The van der Waals surface area contributed by atoms with Gasteiger partial charge in [-0.3, -0.25) is 5.43 Å². The van der Waals surface area contributed by atoms with Gasteiger partial charge >= 0.3 is 0 Å². The van der Waals surface area contributed by atoms with Crippen LogP contribution in [0.1, 0.15) is 5.56 Å². The normalized spacial score (nSPS) is 10.6. The average Bonchev–Trinajstić information content (AvgIpc) is 2.67. The number of thiocarbonyl (C=S) groups is 1. The van der Waals surface area contributed by atoms with Gasteiger partial charge in [-0.15, -0.1) is 0 Å². The van der Waals surface area contributed by atoms with Crippen molar-refractivity contribution in [2.75, 3.05) is 5.32 Å². The van der Waals surface area contributed by atoms with Crippen molar-refractivity contribution in [3.8, 4) is 11.5 Å². The maximum atomic E-state index is 5.79. The third kappa shape index (κ3) is 6.46. The molecule has 4 nitrogen and oxygen atoms in total. The summed E-state index contributed by atoms with van der Waals surface area (Å²) in [5.41, 5.74) is 4.61. The van der Waals surface area contributed by atoms with E-state index in [1.807, 2.05) is 72.8 Å². The van der Waals surface area contributed by atoms with Crippen LogP contribution in [0, 0.1) is 0 Å². The summed E-state index contributed by atoms with van der Waals surface area (Å²) in [7, 11) is 0. The Balaban J connectivity index is 1.50. The standard InChI is InChI=1S/C20H15Br2N3OS/c21-15-3-7-17(8-4-15)24-20(27)25-23-13-14-1-9-18(10-2-14)26-19-11-5-16(22)6-12-19/h1-13H,(H2,24,25,27). The Labute approximate surface area is 179 Å². The highest BCUT2D eigenvalue weighted by Crippen LogP contribution is 2.23. The van der Waals surface area contributed by atoms with Crippen molar-refractivity contribution >= 4 is 61.1 Å². The van der Waals surface area contributed by atoms with Gasteiger partial charge in [0.2, 0.25) is 0 Å². The minimum atomic E-state index is 0.420. The highest BCUT2D eigenvalue weighted by atomic mass is 79.9. The van der Waals surface area contributed by atoms with Crippen molar-refractivity contribution in [2.45, 2.75) is 0 Å². The summed E-state index contributed by atoms with van der Waals surface area (Å²) in [5.74, 6) is 1.54. The number of rotatable bonds is 5. The Morgan fingerprint density at radius 3 is 1.93 bits per heavy atom. The SMILES string of the molecule is S=C(NN=Cc1ccc(Oc2ccc(Br)cc2)cc1)Nc1ccc(Br)cc1. The number of hydrogen-bond acceptors (Lipinski definition) is 3. The summed E-state index contributed by atoms with van der Waals surface area (Å²) in [6.07, 6.45) is 1.69. The third-order valence-corrected chi connectivity index (χ3v) is 4.66. The lowest BCUT2D eigenvalue weighted by Crippen LogP contribution is -2.23. The van der Waals surface area contributed by atoms with Gasteiger partial charge in [-0.25, -0.2) is 0 Å². The molecule has 0 unspecified atom stereocenters. The zero-order valence-electron chi connectivity index (χ0n) is 14.0. The summed E-state index contributed by atoms with van der Waals surface area (Å²) in [5, 5.41) is 7.62. The lowest BCUT2D eigenvalue weighted by Gasteiger charge is -2.07. The molecule has 0 fully saturated rings. The van der Waals surface area contributed by atoms with Crippen LogP contribution in [-0.4, -0.2) is 11.3 Å². The fraction of sp³-hybridized carbons (Fsp3) is 0. The van der Waals surface area contributed by atoms with Crippen molar-refractivity contribution < 1.29 is 4.74 Å². The van der Waals surface area contributed by atoms with Crippen molar-refractivity contribution in [1.82, 2.24) is 5.43 Å². The molecule has 3 aromatic carbocycles. The summed E-state index contributed by atoms with van der Waals surface area (Å²) < 4.78 is 7.82. The number of halogens is 2. The van der Waals surface area contributed by atoms with Crippen LogP contribution in [0.3, 0.4) is 0 Å². The molecule has 0 atom stereocenters. The Kier molecular flexibility index (Phi) is 6.98. The van der Waals surface area contributed by atoms with E-state index in [1.165, 1.54) is 0 Å². The molecular formula is C20H15Br2N3OS. The summed E-state index contributed by atoms with van der Waals surface area (Å²) in [6.45, 7) is 0. The molecule has 3 aromatic rings. The van der Waals surface area contributed by atoms with E-state index in [1.54, 1.807) is 6.21 Å². The van der Waals surface area contributed by atoms with E-state index in [9.17, 15) is 0 Å². The number of hydrogen-bond donors (Lipinski definition) is 2. The van der Waals surface area contributed by atoms with Crippen LogP contribution in [0.25, 0.3) is 0 Å². The molecule has 0 radical (unpaired) electrons. The van der Waals surface area contributed by atoms with Crippen molar-refractivity contribution in [3.05, 3.63) is 87.3 Å². The second-order valence-corrected chi connectivity index (χ2v) is 7.70. The Bertz CT molecular complexity index is 927. The first-order valence-electron chi connectivity index (χ1n) is 7.97. The second kappa shape index (κ2) is 9.64. The maximum Gasteiger partial charge on any atom is 0.191 e. The lowest BCUT2D eigenvalue weighted by atomic mass is 10.2. The number of benzene rings is 3. The van der Waals surface area contributed by atoms with Crippen LogP contribution in [0.5, 0.6) is 11.5 Å². The third-order valence-electron chi connectivity index (χ3n) is 3.41. The molecule has 0 saturated carbocycles. The zero-order chi connectivity index (χ0) is 19.1. The number of nitrogens with one attached hydrogen (secondary N) is 2. The van der Waals surface area contributed by atoms with Gasteiger partial charge in [0.15, 0.2) is 5.11 Å². The summed E-state index contributed by atoms with van der Waals surface area (Å²) in [6, 6.07) is 23.0. The van der Waals surface area contributed by atoms with Crippen molar-refractivity contribution in [1.29, 1.82) is 0 Å². The van der Waals surface area contributed by atoms with E-state index >= 15 is 0 Å². The van der Waals surface area contributed by atoms with Crippen LogP contribution in [0.15, 0.2) is 86.8 Å². The monoisotopic (exact) mass is 503 g/mol. The number of ether oxygens (including phenoxy) is 1. The molecule has 27 heavy (non-hydrogen) atoms. The van der Waals surface area contributed by atoms with E-state index in [4.69, 9.17) is 17.0 Å². The molecule has 3 rings (SSSR count). The van der Waals surface area contributed by atoms with Crippen molar-refractivity contribution in [3.63, 3.8) is 0 Å². The molecular weight excluding hydrogens is 490 g/mol. The first-order chi connectivity index (χ1) is 13.1. The molecule has 0 aliphatic rings. The van der Waals surface area contributed by atoms with Crippen LogP contribution >= 0.6 is 44.1 Å². The van der Waals surface area contributed by atoms with Crippen LogP contribution in [-0.2, 0) is 0 Å². The predicted molar refractivity (Wildman–Crippen MR) is 122 cm³/mol. The van der Waals surface area contributed by atoms with Crippen LogP contribution in [0.2, 0.25) is 0 Å². The Morgan fingerprint density at radius 1 is 0.815 bits per heavy atom. The predicted octanol–water partition coefficient (Wildman–Crippen LogP) is 6.32. The van der Waals surface area contributed by atoms with E-state index < -0.39 is 0 Å². The zero-order valence-corrected chi connectivity index (χ0v) is 18.0. The van der Waals surface area contributed by atoms with E-state index in [-0.39, 0.29) is 0 Å².